The molecule has 2 heterocycles. The Kier molecular flexibility index (Phi) is 4.08. The lowest BCUT2D eigenvalue weighted by Gasteiger charge is -2.16. The molecule has 0 saturated carbocycles. The van der Waals surface area contributed by atoms with Crippen molar-refractivity contribution in [3.63, 3.8) is 0 Å². The highest BCUT2D eigenvalue weighted by molar-refractivity contribution is 5.55. The Morgan fingerprint density at radius 3 is 2.58 bits per heavy atom. The van der Waals surface area contributed by atoms with Gasteiger partial charge in [0.1, 0.15) is 11.5 Å². The summed E-state index contributed by atoms with van der Waals surface area (Å²) in [6.45, 7) is 1.82. The average Bonchev–Trinajstić information content (AvgIpc) is 2.64. The first-order valence-electron chi connectivity index (χ1n) is 8.02. The molecule has 0 amide bonds. The van der Waals surface area contributed by atoms with Crippen LogP contribution in [0.1, 0.15) is 11.3 Å². The van der Waals surface area contributed by atoms with E-state index in [0.29, 0.717) is 5.95 Å². The van der Waals surface area contributed by atoms with E-state index in [-0.39, 0.29) is 0 Å². The molecule has 1 aromatic heterocycles. The highest BCUT2D eigenvalue weighted by Crippen LogP contribution is 2.24. The smallest absolute Gasteiger partial charge is 0.227 e. The lowest BCUT2D eigenvalue weighted by molar-refractivity contribution is 0.483. The van der Waals surface area contributed by atoms with Crippen LogP contribution in [0.3, 0.4) is 0 Å². The van der Waals surface area contributed by atoms with Crippen molar-refractivity contribution in [1.29, 1.82) is 0 Å². The zero-order chi connectivity index (χ0) is 16.2. The van der Waals surface area contributed by atoms with Gasteiger partial charge in [-0.25, -0.2) is 9.97 Å². The number of para-hydroxylation sites is 1. The van der Waals surface area contributed by atoms with Crippen LogP contribution in [-0.2, 0) is 13.0 Å². The Morgan fingerprint density at radius 1 is 0.958 bits per heavy atom. The summed E-state index contributed by atoms with van der Waals surface area (Å²) in [5, 5.41) is 6.57. The van der Waals surface area contributed by atoms with Crippen LogP contribution < -0.4 is 15.4 Å². The second-order valence-electron chi connectivity index (χ2n) is 5.66. The molecule has 1 aliphatic heterocycles. The van der Waals surface area contributed by atoms with Gasteiger partial charge in [-0.3, -0.25) is 0 Å². The third-order valence-corrected chi connectivity index (χ3v) is 3.90. The van der Waals surface area contributed by atoms with Crippen LogP contribution in [0.2, 0.25) is 0 Å². The molecule has 0 bridgehead atoms. The molecule has 5 nitrogen and oxygen atoms in total. The minimum absolute atomic E-state index is 0.632. The van der Waals surface area contributed by atoms with Crippen molar-refractivity contribution in [3.05, 3.63) is 72.1 Å². The molecule has 0 spiro atoms. The predicted octanol–water partition coefficient (Wildman–Crippen LogP) is 3.66. The Bertz CT molecular complexity index is 819. The first kappa shape index (κ1) is 14.7. The largest absolute Gasteiger partial charge is 0.457 e. The molecule has 1 aliphatic rings. The van der Waals surface area contributed by atoms with Gasteiger partial charge in [-0.1, -0.05) is 18.2 Å². The van der Waals surface area contributed by atoms with Gasteiger partial charge in [0.15, 0.2) is 0 Å². The van der Waals surface area contributed by atoms with Gasteiger partial charge in [-0.2, -0.15) is 0 Å². The molecule has 2 aromatic carbocycles. The van der Waals surface area contributed by atoms with E-state index in [2.05, 4.69) is 20.6 Å². The zero-order valence-electron chi connectivity index (χ0n) is 13.2. The molecule has 4 rings (SSSR count). The molecule has 0 aliphatic carbocycles. The number of rotatable bonds is 4. The van der Waals surface area contributed by atoms with Crippen LogP contribution >= 0.6 is 0 Å². The van der Waals surface area contributed by atoms with Gasteiger partial charge in [0.2, 0.25) is 5.95 Å². The number of benzene rings is 2. The van der Waals surface area contributed by atoms with Gasteiger partial charge >= 0.3 is 0 Å². The fourth-order valence-electron chi connectivity index (χ4n) is 2.66. The third kappa shape index (κ3) is 3.36. The fourth-order valence-corrected chi connectivity index (χ4v) is 2.66. The van der Waals surface area contributed by atoms with Gasteiger partial charge in [0.05, 0.1) is 5.69 Å². The van der Waals surface area contributed by atoms with E-state index in [1.807, 2.05) is 60.8 Å². The second-order valence-corrected chi connectivity index (χ2v) is 5.66. The maximum absolute atomic E-state index is 5.79. The SMILES string of the molecule is c1ccc(Oc2ccc(Nc3ncc4c(n3)CCNC4)cc2)cc1. The van der Waals surface area contributed by atoms with Crippen LogP contribution in [0.25, 0.3) is 0 Å². The van der Waals surface area contributed by atoms with E-state index in [0.717, 1.165) is 42.4 Å². The van der Waals surface area contributed by atoms with E-state index in [1.54, 1.807) is 0 Å². The molecule has 0 unspecified atom stereocenters. The van der Waals surface area contributed by atoms with Crippen LogP contribution in [0.15, 0.2) is 60.8 Å². The topological polar surface area (TPSA) is 59.1 Å². The van der Waals surface area contributed by atoms with E-state index >= 15 is 0 Å². The molecule has 2 N–H and O–H groups in total. The molecule has 3 aromatic rings. The van der Waals surface area contributed by atoms with Gasteiger partial charge in [0.25, 0.3) is 0 Å². The quantitative estimate of drug-likeness (QED) is 0.769. The number of anilines is 2. The minimum atomic E-state index is 0.632. The van der Waals surface area contributed by atoms with E-state index < -0.39 is 0 Å². The molecular formula is C19H18N4O. The summed E-state index contributed by atoms with van der Waals surface area (Å²) in [5.74, 6) is 2.25. The van der Waals surface area contributed by atoms with E-state index in [4.69, 9.17) is 4.74 Å². The maximum Gasteiger partial charge on any atom is 0.227 e. The average molecular weight is 318 g/mol. The van der Waals surface area contributed by atoms with Crippen LogP contribution in [0.5, 0.6) is 11.5 Å². The van der Waals surface area contributed by atoms with Crippen molar-refractivity contribution in [3.8, 4) is 11.5 Å². The predicted molar refractivity (Wildman–Crippen MR) is 93.7 cm³/mol. The zero-order valence-corrected chi connectivity index (χ0v) is 13.2. The second kappa shape index (κ2) is 6.68. The first-order chi connectivity index (χ1) is 11.9. The number of ether oxygens (including phenoxy) is 1. The van der Waals surface area contributed by atoms with Crippen molar-refractivity contribution in [2.24, 2.45) is 0 Å². The Labute approximate surface area is 140 Å². The number of hydrogen-bond acceptors (Lipinski definition) is 5. The van der Waals surface area contributed by atoms with Crippen molar-refractivity contribution < 1.29 is 4.74 Å². The Morgan fingerprint density at radius 2 is 1.75 bits per heavy atom. The summed E-state index contributed by atoms with van der Waals surface area (Å²) < 4.78 is 5.79. The normalized spacial score (nSPS) is 13.2. The van der Waals surface area contributed by atoms with Gasteiger partial charge in [0, 0.05) is 37.0 Å². The summed E-state index contributed by atoms with van der Waals surface area (Å²) in [4.78, 5) is 8.99. The number of nitrogens with zero attached hydrogens (tertiary/aromatic N) is 2. The lowest BCUT2D eigenvalue weighted by Crippen LogP contribution is -2.25. The molecule has 0 saturated heterocycles. The molecule has 0 radical (unpaired) electrons. The van der Waals surface area contributed by atoms with Crippen molar-refractivity contribution in [2.75, 3.05) is 11.9 Å². The molecule has 24 heavy (non-hydrogen) atoms. The summed E-state index contributed by atoms with van der Waals surface area (Å²) >= 11 is 0. The molecule has 120 valence electrons. The Hall–Kier alpha value is -2.92. The van der Waals surface area contributed by atoms with Gasteiger partial charge in [-0.15, -0.1) is 0 Å². The fraction of sp³-hybridized carbons (Fsp3) is 0.158. The van der Waals surface area contributed by atoms with Crippen molar-refractivity contribution in [2.45, 2.75) is 13.0 Å². The minimum Gasteiger partial charge on any atom is -0.457 e. The van der Waals surface area contributed by atoms with E-state index in [1.165, 1.54) is 5.56 Å². The summed E-state index contributed by atoms with van der Waals surface area (Å²) in [7, 11) is 0. The third-order valence-electron chi connectivity index (χ3n) is 3.90. The van der Waals surface area contributed by atoms with Crippen LogP contribution in [0, 0.1) is 0 Å². The summed E-state index contributed by atoms with van der Waals surface area (Å²) in [5.41, 5.74) is 3.23. The highest BCUT2D eigenvalue weighted by atomic mass is 16.5. The summed E-state index contributed by atoms with van der Waals surface area (Å²) in [6.07, 6.45) is 2.83. The molecule has 0 fully saturated rings. The maximum atomic E-state index is 5.79. The Balaban J connectivity index is 1.45. The molecule has 0 atom stereocenters. The number of hydrogen-bond donors (Lipinski definition) is 2. The van der Waals surface area contributed by atoms with Gasteiger partial charge in [-0.05, 0) is 36.4 Å². The van der Waals surface area contributed by atoms with Crippen molar-refractivity contribution in [1.82, 2.24) is 15.3 Å². The lowest BCUT2D eigenvalue weighted by atomic mass is 10.1. The standard InChI is InChI=1S/C19H18N4O/c1-2-4-16(5-3-1)24-17-8-6-15(7-9-17)22-19-21-13-14-12-20-11-10-18(14)23-19/h1-9,13,20H,10-12H2,(H,21,22,23). The number of aromatic nitrogens is 2. The summed E-state index contributed by atoms with van der Waals surface area (Å²) in [6, 6.07) is 17.5. The molecule has 5 heteroatoms. The van der Waals surface area contributed by atoms with Gasteiger partial charge < -0.3 is 15.4 Å². The highest BCUT2D eigenvalue weighted by Gasteiger charge is 2.11. The monoisotopic (exact) mass is 318 g/mol. The number of nitrogens with one attached hydrogen (secondary N) is 2. The first-order valence-corrected chi connectivity index (χ1v) is 8.02. The molecular weight excluding hydrogens is 300 g/mol. The van der Waals surface area contributed by atoms with Crippen LogP contribution in [-0.4, -0.2) is 16.5 Å². The van der Waals surface area contributed by atoms with Crippen molar-refractivity contribution >= 4 is 11.6 Å². The number of fused-ring (bicyclic) bond motifs is 1. The van der Waals surface area contributed by atoms with E-state index in [9.17, 15) is 0 Å². The van der Waals surface area contributed by atoms with Crippen LogP contribution in [0.4, 0.5) is 11.6 Å².